The van der Waals surface area contributed by atoms with Gasteiger partial charge in [0.05, 0.1) is 4.90 Å². The summed E-state index contributed by atoms with van der Waals surface area (Å²) in [6.45, 7) is 3.22. The van der Waals surface area contributed by atoms with E-state index in [1.54, 1.807) is 12.1 Å². The van der Waals surface area contributed by atoms with Crippen LogP contribution in [0.2, 0.25) is 0 Å². The van der Waals surface area contributed by atoms with Gasteiger partial charge in [-0.25, -0.2) is 13.1 Å². The average molecular weight is 310 g/mol. The summed E-state index contributed by atoms with van der Waals surface area (Å²) in [5.41, 5.74) is 2.13. The number of aryl methyl sites for hydroxylation is 1. The molecule has 2 N–H and O–H groups in total. The Balaban J connectivity index is 1.99. The molecule has 0 heterocycles. The standard InChI is InChI=1S/C16H26N2O2S/c1-13-7-8-16(11-15(13)12-17-2)21(19,20)18-10-9-14-5-3-4-6-14/h7-8,11,14,17-18H,3-6,9-10,12H2,1-2H3. The molecular weight excluding hydrogens is 284 g/mol. The summed E-state index contributed by atoms with van der Waals surface area (Å²) >= 11 is 0. The molecule has 5 heteroatoms. The third-order valence-corrected chi connectivity index (χ3v) is 5.78. The number of benzene rings is 1. The van der Waals surface area contributed by atoms with Crippen LogP contribution in [0.25, 0.3) is 0 Å². The van der Waals surface area contributed by atoms with Crippen molar-refractivity contribution in [2.45, 2.75) is 50.5 Å². The molecule has 1 aliphatic carbocycles. The normalized spacial score (nSPS) is 16.5. The smallest absolute Gasteiger partial charge is 0.240 e. The molecule has 1 aromatic carbocycles. The highest BCUT2D eigenvalue weighted by Crippen LogP contribution is 2.27. The topological polar surface area (TPSA) is 58.2 Å². The predicted octanol–water partition coefficient (Wildman–Crippen LogP) is 2.57. The van der Waals surface area contributed by atoms with Crippen molar-refractivity contribution >= 4 is 10.0 Å². The maximum Gasteiger partial charge on any atom is 0.240 e. The zero-order valence-corrected chi connectivity index (χ0v) is 13.8. The molecule has 1 aliphatic rings. The SMILES string of the molecule is CNCc1cc(S(=O)(=O)NCCC2CCCC2)ccc1C. The minimum absolute atomic E-state index is 0.366. The molecule has 0 bridgehead atoms. The van der Waals surface area contributed by atoms with E-state index in [1.807, 2.05) is 20.0 Å². The number of hydrogen-bond donors (Lipinski definition) is 2. The van der Waals surface area contributed by atoms with E-state index in [4.69, 9.17) is 0 Å². The largest absolute Gasteiger partial charge is 0.316 e. The van der Waals surface area contributed by atoms with Crippen molar-refractivity contribution in [1.82, 2.24) is 10.0 Å². The molecule has 0 aliphatic heterocycles. The molecule has 1 fully saturated rings. The Morgan fingerprint density at radius 1 is 1.24 bits per heavy atom. The summed E-state index contributed by atoms with van der Waals surface area (Å²) in [7, 11) is -1.53. The van der Waals surface area contributed by atoms with E-state index in [0.717, 1.165) is 17.5 Å². The summed E-state index contributed by atoms with van der Waals surface area (Å²) < 4.78 is 27.4. The number of nitrogens with one attached hydrogen (secondary N) is 2. The molecule has 2 rings (SSSR count). The maximum atomic E-state index is 12.3. The number of rotatable bonds is 7. The van der Waals surface area contributed by atoms with Crippen molar-refractivity contribution in [3.63, 3.8) is 0 Å². The Labute approximate surface area is 128 Å². The molecule has 0 saturated heterocycles. The van der Waals surface area contributed by atoms with Crippen LogP contribution in [0.3, 0.4) is 0 Å². The fraction of sp³-hybridized carbons (Fsp3) is 0.625. The lowest BCUT2D eigenvalue weighted by Gasteiger charge is -2.12. The quantitative estimate of drug-likeness (QED) is 0.814. The van der Waals surface area contributed by atoms with E-state index in [0.29, 0.717) is 23.9 Å². The van der Waals surface area contributed by atoms with Crippen LogP contribution in [0.15, 0.2) is 23.1 Å². The van der Waals surface area contributed by atoms with Crippen LogP contribution in [-0.4, -0.2) is 22.0 Å². The minimum Gasteiger partial charge on any atom is -0.316 e. The van der Waals surface area contributed by atoms with Gasteiger partial charge >= 0.3 is 0 Å². The van der Waals surface area contributed by atoms with Crippen LogP contribution in [0, 0.1) is 12.8 Å². The van der Waals surface area contributed by atoms with Gasteiger partial charge in [0.2, 0.25) is 10.0 Å². The molecular formula is C16H26N2O2S. The first kappa shape index (κ1) is 16.5. The predicted molar refractivity (Wildman–Crippen MR) is 85.7 cm³/mol. The van der Waals surface area contributed by atoms with Gasteiger partial charge in [-0.3, -0.25) is 0 Å². The summed E-state index contributed by atoms with van der Waals surface area (Å²) in [5.74, 6) is 0.700. The van der Waals surface area contributed by atoms with E-state index < -0.39 is 10.0 Å². The Bertz CT molecular complexity index is 564. The molecule has 0 amide bonds. The zero-order chi connectivity index (χ0) is 15.3. The first-order valence-corrected chi connectivity index (χ1v) is 9.25. The monoisotopic (exact) mass is 310 g/mol. The zero-order valence-electron chi connectivity index (χ0n) is 13.0. The number of hydrogen-bond acceptors (Lipinski definition) is 3. The summed E-state index contributed by atoms with van der Waals surface area (Å²) in [5, 5.41) is 3.07. The van der Waals surface area contributed by atoms with Gasteiger partial charge in [-0.15, -0.1) is 0 Å². The molecule has 0 radical (unpaired) electrons. The summed E-state index contributed by atoms with van der Waals surface area (Å²) in [4.78, 5) is 0.366. The highest BCUT2D eigenvalue weighted by molar-refractivity contribution is 7.89. The van der Waals surface area contributed by atoms with Crippen molar-refractivity contribution < 1.29 is 8.42 Å². The summed E-state index contributed by atoms with van der Waals surface area (Å²) in [6, 6.07) is 5.33. The molecule has 118 valence electrons. The van der Waals surface area contributed by atoms with Crippen LogP contribution in [0.4, 0.5) is 0 Å². The van der Waals surface area contributed by atoms with E-state index in [2.05, 4.69) is 10.0 Å². The lowest BCUT2D eigenvalue weighted by molar-refractivity contribution is 0.495. The van der Waals surface area contributed by atoms with Gasteiger partial charge in [-0.1, -0.05) is 31.7 Å². The van der Waals surface area contributed by atoms with Gasteiger partial charge in [0.25, 0.3) is 0 Å². The molecule has 0 aromatic heterocycles. The van der Waals surface area contributed by atoms with Gasteiger partial charge in [0.1, 0.15) is 0 Å². The molecule has 0 unspecified atom stereocenters. The molecule has 0 atom stereocenters. The van der Waals surface area contributed by atoms with Gasteiger partial charge in [-0.05, 0) is 49.6 Å². The Morgan fingerprint density at radius 3 is 2.62 bits per heavy atom. The number of sulfonamides is 1. The van der Waals surface area contributed by atoms with E-state index in [-0.39, 0.29) is 0 Å². The van der Waals surface area contributed by atoms with E-state index in [9.17, 15) is 8.42 Å². The second-order valence-corrected chi connectivity index (χ2v) is 7.72. The maximum absolute atomic E-state index is 12.3. The van der Waals surface area contributed by atoms with Crippen molar-refractivity contribution in [1.29, 1.82) is 0 Å². The second kappa shape index (κ2) is 7.38. The fourth-order valence-corrected chi connectivity index (χ4v) is 4.07. The highest BCUT2D eigenvalue weighted by Gasteiger charge is 2.18. The van der Waals surface area contributed by atoms with Crippen LogP contribution >= 0.6 is 0 Å². The average Bonchev–Trinajstić information content (AvgIpc) is 2.94. The van der Waals surface area contributed by atoms with Gasteiger partial charge < -0.3 is 5.32 Å². The Morgan fingerprint density at radius 2 is 1.95 bits per heavy atom. The lowest BCUT2D eigenvalue weighted by Crippen LogP contribution is -2.26. The van der Waals surface area contributed by atoms with Crippen LogP contribution < -0.4 is 10.0 Å². The lowest BCUT2D eigenvalue weighted by atomic mass is 10.1. The summed E-state index contributed by atoms with van der Waals surface area (Å²) in [6.07, 6.45) is 6.04. The first-order chi connectivity index (χ1) is 10.0. The third-order valence-electron chi connectivity index (χ3n) is 4.32. The first-order valence-electron chi connectivity index (χ1n) is 7.77. The third kappa shape index (κ3) is 4.53. The van der Waals surface area contributed by atoms with E-state index in [1.165, 1.54) is 25.7 Å². The second-order valence-electron chi connectivity index (χ2n) is 5.96. The van der Waals surface area contributed by atoms with Crippen molar-refractivity contribution in [2.24, 2.45) is 5.92 Å². The van der Waals surface area contributed by atoms with Gasteiger partial charge in [-0.2, -0.15) is 0 Å². The molecule has 4 nitrogen and oxygen atoms in total. The van der Waals surface area contributed by atoms with Crippen LogP contribution in [-0.2, 0) is 16.6 Å². The minimum atomic E-state index is -3.39. The Hall–Kier alpha value is -0.910. The molecule has 1 saturated carbocycles. The molecule has 21 heavy (non-hydrogen) atoms. The highest BCUT2D eigenvalue weighted by atomic mass is 32.2. The van der Waals surface area contributed by atoms with Crippen molar-refractivity contribution in [2.75, 3.05) is 13.6 Å². The molecule has 0 spiro atoms. The fourth-order valence-electron chi connectivity index (χ4n) is 2.98. The van der Waals surface area contributed by atoms with E-state index >= 15 is 0 Å². The molecule has 1 aromatic rings. The van der Waals surface area contributed by atoms with Crippen LogP contribution in [0.1, 0.15) is 43.2 Å². The Kier molecular flexibility index (Phi) is 5.79. The van der Waals surface area contributed by atoms with Gasteiger partial charge in [0, 0.05) is 13.1 Å². The van der Waals surface area contributed by atoms with Gasteiger partial charge in [0.15, 0.2) is 0 Å². The van der Waals surface area contributed by atoms with Crippen molar-refractivity contribution in [3.05, 3.63) is 29.3 Å². The van der Waals surface area contributed by atoms with Crippen molar-refractivity contribution in [3.8, 4) is 0 Å². The van der Waals surface area contributed by atoms with Crippen LogP contribution in [0.5, 0.6) is 0 Å².